The van der Waals surface area contributed by atoms with Crippen LogP contribution in [0.1, 0.15) is 16.8 Å². The van der Waals surface area contributed by atoms with Crippen LogP contribution in [0.3, 0.4) is 0 Å². The van der Waals surface area contributed by atoms with Crippen molar-refractivity contribution < 1.29 is 4.74 Å². The molecule has 4 rings (SSSR count). The predicted molar refractivity (Wildman–Crippen MR) is 118 cm³/mol. The van der Waals surface area contributed by atoms with Gasteiger partial charge in [0, 0.05) is 27.7 Å². The topological polar surface area (TPSA) is 76.8 Å². The predicted octanol–water partition coefficient (Wildman–Crippen LogP) is 5.48. The minimum absolute atomic E-state index is 0.540. The zero-order valence-corrected chi connectivity index (χ0v) is 17.7. The van der Waals surface area contributed by atoms with Crippen molar-refractivity contribution >= 4 is 44.4 Å². The molecule has 2 heterocycles. The number of nitrogens with two attached hydrogens (primary N) is 1. The third-order valence-electron chi connectivity index (χ3n) is 4.42. The number of aromatic amines is 1. The summed E-state index contributed by atoms with van der Waals surface area (Å²) in [5, 5.41) is 0.837. The van der Waals surface area contributed by atoms with Crippen molar-refractivity contribution in [3.05, 3.63) is 76.0 Å². The standard InChI is InChI=1S/C21H19BrN4OS/c1-13-19(24-8-7-20(13)27-11-14-5-3-2-4-6-14)12-28-21-25-17-9-15(22)16(23)10-18(17)26-21/h2-10H,11-12,23H2,1H3,(H,25,26). The van der Waals surface area contributed by atoms with Gasteiger partial charge in [-0.1, -0.05) is 42.1 Å². The first-order valence-corrected chi connectivity index (χ1v) is 10.6. The zero-order valence-electron chi connectivity index (χ0n) is 15.3. The summed E-state index contributed by atoms with van der Waals surface area (Å²) in [6.45, 7) is 2.58. The molecule has 0 aliphatic rings. The Morgan fingerprint density at radius 1 is 1.18 bits per heavy atom. The molecule has 0 spiro atoms. The summed E-state index contributed by atoms with van der Waals surface area (Å²) in [6.07, 6.45) is 1.79. The summed E-state index contributed by atoms with van der Waals surface area (Å²) in [4.78, 5) is 12.4. The van der Waals surface area contributed by atoms with Crippen molar-refractivity contribution in [3.63, 3.8) is 0 Å². The van der Waals surface area contributed by atoms with E-state index < -0.39 is 0 Å². The number of ether oxygens (including phenoxy) is 1. The number of hydrogen-bond acceptors (Lipinski definition) is 5. The van der Waals surface area contributed by atoms with Crippen molar-refractivity contribution in [2.75, 3.05) is 5.73 Å². The van der Waals surface area contributed by atoms with Gasteiger partial charge in [0.25, 0.3) is 0 Å². The highest BCUT2D eigenvalue weighted by molar-refractivity contribution is 9.10. The molecule has 0 aliphatic heterocycles. The minimum atomic E-state index is 0.540. The quantitative estimate of drug-likeness (QED) is 0.297. The van der Waals surface area contributed by atoms with Crippen LogP contribution in [0.15, 0.2) is 64.4 Å². The number of nitrogens with one attached hydrogen (secondary N) is 1. The van der Waals surface area contributed by atoms with E-state index in [4.69, 9.17) is 10.5 Å². The summed E-state index contributed by atoms with van der Waals surface area (Å²) in [6, 6.07) is 15.9. The maximum atomic E-state index is 6.00. The fourth-order valence-electron chi connectivity index (χ4n) is 2.82. The van der Waals surface area contributed by atoms with Gasteiger partial charge < -0.3 is 15.5 Å². The zero-order chi connectivity index (χ0) is 19.5. The number of thioether (sulfide) groups is 1. The number of imidazole rings is 1. The lowest BCUT2D eigenvalue weighted by atomic mass is 10.2. The first kappa shape index (κ1) is 18.8. The van der Waals surface area contributed by atoms with E-state index in [1.165, 1.54) is 0 Å². The Hall–Kier alpha value is -2.51. The number of aromatic nitrogens is 3. The fourth-order valence-corrected chi connectivity index (χ4v) is 4.08. The van der Waals surface area contributed by atoms with Gasteiger partial charge in [-0.05, 0) is 46.6 Å². The highest BCUT2D eigenvalue weighted by Gasteiger charge is 2.10. The summed E-state index contributed by atoms with van der Waals surface area (Å²) in [5.74, 6) is 1.56. The van der Waals surface area contributed by atoms with Crippen LogP contribution < -0.4 is 10.5 Å². The number of hydrogen-bond donors (Lipinski definition) is 2. The van der Waals surface area contributed by atoms with Crippen molar-refractivity contribution in [1.82, 2.24) is 15.0 Å². The van der Waals surface area contributed by atoms with Crippen LogP contribution in [-0.4, -0.2) is 15.0 Å². The average Bonchev–Trinajstić information content (AvgIpc) is 3.09. The van der Waals surface area contributed by atoms with Crippen LogP contribution in [0.2, 0.25) is 0 Å². The van der Waals surface area contributed by atoms with Crippen LogP contribution in [-0.2, 0) is 12.4 Å². The molecule has 0 saturated heterocycles. The molecule has 7 heteroatoms. The minimum Gasteiger partial charge on any atom is -0.489 e. The highest BCUT2D eigenvalue weighted by Crippen LogP contribution is 2.30. The summed E-state index contributed by atoms with van der Waals surface area (Å²) in [7, 11) is 0. The molecule has 4 aromatic rings. The fraction of sp³-hybridized carbons (Fsp3) is 0.143. The molecule has 0 fully saturated rings. The van der Waals surface area contributed by atoms with E-state index in [2.05, 4.69) is 43.0 Å². The lowest BCUT2D eigenvalue weighted by molar-refractivity contribution is 0.303. The van der Waals surface area contributed by atoms with Gasteiger partial charge >= 0.3 is 0 Å². The number of anilines is 1. The highest BCUT2D eigenvalue weighted by atomic mass is 79.9. The van der Waals surface area contributed by atoms with Crippen molar-refractivity contribution in [1.29, 1.82) is 0 Å². The Morgan fingerprint density at radius 2 is 2.00 bits per heavy atom. The summed E-state index contributed by atoms with van der Waals surface area (Å²) >= 11 is 5.05. The van der Waals surface area contributed by atoms with Gasteiger partial charge in [0.1, 0.15) is 12.4 Å². The van der Waals surface area contributed by atoms with E-state index in [1.54, 1.807) is 18.0 Å². The molecule has 0 atom stereocenters. The maximum absolute atomic E-state index is 6.00. The Kier molecular flexibility index (Phi) is 5.54. The molecule has 0 unspecified atom stereocenters. The largest absolute Gasteiger partial charge is 0.489 e. The van der Waals surface area contributed by atoms with E-state index in [9.17, 15) is 0 Å². The van der Waals surface area contributed by atoms with E-state index in [0.29, 0.717) is 18.0 Å². The first-order chi connectivity index (χ1) is 13.6. The van der Waals surface area contributed by atoms with E-state index >= 15 is 0 Å². The van der Waals surface area contributed by atoms with Crippen LogP contribution in [0.25, 0.3) is 11.0 Å². The van der Waals surface area contributed by atoms with E-state index in [-0.39, 0.29) is 0 Å². The summed E-state index contributed by atoms with van der Waals surface area (Å²) in [5.41, 5.74) is 11.6. The number of H-pyrrole nitrogens is 1. The third kappa shape index (κ3) is 4.15. The molecule has 0 aliphatic carbocycles. The number of fused-ring (bicyclic) bond motifs is 1. The normalized spacial score (nSPS) is 11.1. The lowest BCUT2D eigenvalue weighted by Crippen LogP contribution is -2.00. The summed E-state index contributed by atoms with van der Waals surface area (Å²) < 4.78 is 6.86. The van der Waals surface area contributed by atoms with Gasteiger partial charge in [0.15, 0.2) is 5.16 Å². The average molecular weight is 455 g/mol. The molecular formula is C21H19BrN4OS. The molecule has 142 valence electrons. The molecule has 0 amide bonds. The monoisotopic (exact) mass is 454 g/mol. The van der Waals surface area contributed by atoms with Crippen LogP contribution in [0.5, 0.6) is 5.75 Å². The number of halogens is 1. The second-order valence-corrected chi connectivity index (χ2v) is 8.19. The number of nitrogen functional groups attached to an aromatic ring is 1. The van der Waals surface area contributed by atoms with E-state index in [0.717, 1.165) is 43.2 Å². The number of nitrogens with zero attached hydrogens (tertiary/aromatic N) is 2. The molecule has 2 aromatic heterocycles. The van der Waals surface area contributed by atoms with Gasteiger partial charge in [0.2, 0.25) is 0 Å². The second kappa shape index (κ2) is 8.24. The lowest BCUT2D eigenvalue weighted by Gasteiger charge is -2.11. The smallest absolute Gasteiger partial charge is 0.166 e. The van der Waals surface area contributed by atoms with Crippen LogP contribution in [0.4, 0.5) is 5.69 Å². The van der Waals surface area contributed by atoms with E-state index in [1.807, 2.05) is 43.3 Å². The molecule has 2 aromatic carbocycles. The SMILES string of the molecule is Cc1c(OCc2ccccc2)ccnc1CSc1nc2cc(N)c(Br)cc2[nH]1. The molecule has 0 radical (unpaired) electrons. The Bertz CT molecular complexity index is 1080. The number of rotatable bonds is 6. The molecule has 5 nitrogen and oxygen atoms in total. The van der Waals surface area contributed by atoms with Gasteiger partial charge in [-0.2, -0.15) is 0 Å². The third-order valence-corrected chi connectivity index (χ3v) is 5.99. The Morgan fingerprint density at radius 3 is 2.82 bits per heavy atom. The van der Waals surface area contributed by atoms with Gasteiger partial charge in [-0.25, -0.2) is 4.98 Å². The van der Waals surface area contributed by atoms with Gasteiger partial charge in [-0.15, -0.1) is 0 Å². The Balaban J connectivity index is 1.46. The Labute approximate surface area is 175 Å². The molecule has 0 saturated carbocycles. The maximum Gasteiger partial charge on any atom is 0.166 e. The van der Waals surface area contributed by atoms with Crippen molar-refractivity contribution in [2.24, 2.45) is 0 Å². The van der Waals surface area contributed by atoms with Crippen molar-refractivity contribution in [2.45, 2.75) is 24.4 Å². The molecule has 3 N–H and O–H groups in total. The van der Waals surface area contributed by atoms with Crippen LogP contribution in [0, 0.1) is 6.92 Å². The molecule has 28 heavy (non-hydrogen) atoms. The number of benzene rings is 2. The second-order valence-electron chi connectivity index (χ2n) is 6.38. The van der Waals surface area contributed by atoms with Gasteiger partial charge in [0.05, 0.1) is 16.7 Å². The van der Waals surface area contributed by atoms with Gasteiger partial charge in [-0.3, -0.25) is 4.98 Å². The molecular weight excluding hydrogens is 436 g/mol. The first-order valence-electron chi connectivity index (χ1n) is 8.79. The van der Waals surface area contributed by atoms with Crippen LogP contribution >= 0.6 is 27.7 Å². The molecule has 0 bridgehead atoms. The van der Waals surface area contributed by atoms with Crippen molar-refractivity contribution in [3.8, 4) is 5.75 Å². The number of pyridine rings is 1.